The minimum atomic E-state index is -0.342. The molecule has 0 spiro atoms. The van der Waals surface area contributed by atoms with Crippen LogP contribution in [0.4, 0.5) is 11.6 Å². The monoisotopic (exact) mass is 419 g/mol. The van der Waals surface area contributed by atoms with Crippen molar-refractivity contribution in [2.24, 2.45) is 7.05 Å². The number of pyridine rings is 1. The van der Waals surface area contributed by atoms with Gasteiger partial charge < -0.3 is 14.5 Å². The topological polar surface area (TPSA) is 80.6 Å². The highest BCUT2D eigenvalue weighted by Gasteiger charge is 2.27. The third-order valence-electron chi connectivity index (χ3n) is 5.63. The van der Waals surface area contributed by atoms with Gasteiger partial charge in [0.2, 0.25) is 5.95 Å². The SMILES string of the molecule is COC(=O)c1ccc(N2CCN(c3nc(-c4ccncc4)cc(=O)n3C)[C@H](C)C2)cc1. The number of methoxy groups -OCH3 is 1. The van der Waals surface area contributed by atoms with Gasteiger partial charge in [0.25, 0.3) is 5.56 Å². The lowest BCUT2D eigenvalue weighted by atomic mass is 10.1. The van der Waals surface area contributed by atoms with E-state index in [0.29, 0.717) is 17.2 Å². The maximum absolute atomic E-state index is 12.6. The number of hydrogen-bond acceptors (Lipinski definition) is 7. The van der Waals surface area contributed by atoms with E-state index in [-0.39, 0.29) is 17.6 Å². The third-order valence-corrected chi connectivity index (χ3v) is 5.63. The van der Waals surface area contributed by atoms with Crippen molar-refractivity contribution in [3.05, 3.63) is 70.8 Å². The summed E-state index contributed by atoms with van der Waals surface area (Å²) in [6.45, 7) is 4.39. The molecule has 8 heteroatoms. The van der Waals surface area contributed by atoms with Gasteiger partial charge in [0.1, 0.15) is 0 Å². The standard InChI is InChI=1S/C23H25N5O3/c1-16-15-27(19-6-4-18(5-7-19)22(30)31-3)12-13-28(16)23-25-20(14-21(29)26(23)2)17-8-10-24-11-9-17/h4-11,14,16H,12-13,15H2,1-3H3/t16-/m1/s1. The number of piperazine rings is 1. The lowest BCUT2D eigenvalue weighted by molar-refractivity contribution is 0.0600. The number of aromatic nitrogens is 3. The molecule has 31 heavy (non-hydrogen) atoms. The lowest BCUT2D eigenvalue weighted by Gasteiger charge is -2.42. The first-order chi connectivity index (χ1) is 15.0. The van der Waals surface area contributed by atoms with Crippen molar-refractivity contribution in [3.8, 4) is 11.3 Å². The van der Waals surface area contributed by atoms with E-state index in [1.165, 1.54) is 7.11 Å². The summed E-state index contributed by atoms with van der Waals surface area (Å²) in [5.74, 6) is 0.318. The molecule has 0 N–H and O–H groups in total. The van der Waals surface area contributed by atoms with Crippen LogP contribution in [-0.4, -0.2) is 53.3 Å². The van der Waals surface area contributed by atoms with Crippen molar-refractivity contribution in [3.63, 3.8) is 0 Å². The fourth-order valence-corrected chi connectivity index (χ4v) is 3.87. The average Bonchev–Trinajstić information content (AvgIpc) is 2.81. The van der Waals surface area contributed by atoms with Crippen LogP contribution < -0.4 is 15.4 Å². The van der Waals surface area contributed by atoms with Crippen molar-refractivity contribution in [2.75, 3.05) is 36.5 Å². The van der Waals surface area contributed by atoms with Crippen molar-refractivity contribution in [1.82, 2.24) is 14.5 Å². The van der Waals surface area contributed by atoms with E-state index in [9.17, 15) is 9.59 Å². The molecule has 8 nitrogen and oxygen atoms in total. The molecule has 0 unspecified atom stereocenters. The number of nitrogens with zero attached hydrogens (tertiary/aromatic N) is 5. The predicted octanol–water partition coefficient (Wildman–Crippen LogP) is 2.34. The van der Waals surface area contributed by atoms with E-state index in [1.807, 2.05) is 24.3 Å². The van der Waals surface area contributed by atoms with Gasteiger partial charge in [0, 0.05) is 62.4 Å². The van der Waals surface area contributed by atoms with Crippen LogP contribution in [0, 0.1) is 0 Å². The van der Waals surface area contributed by atoms with Gasteiger partial charge in [-0.05, 0) is 43.3 Å². The van der Waals surface area contributed by atoms with Gasteiger partial charge in [-0.3, -0.25) is 14.3 Å². The first-order valence-corrected chi connectivity index (χ1v) is 10.2. The van der Waals surface area contributed by atoms with E-state index in [4.69, 9.17) is 9.72 Å². The van der Waals surface area contributed by atoms with E-state index in [0.717, 1.165) is 30.9 Å². The zero-order valence-electron chi connectivity index (χ0n) is 17.9. The highest BCUT2D eigenvalue weighted by molar-refractivity contribution is 5.89. The molecule has 3 heterocycles. The van der Waals surface area contributed by atoms with E-state index in [2.05, 4.69) is 21.7 Å². The Bertz CT molecular complexity index is 1130. The van der Waals surface area contributed by atoms with Crippen LogP contribution >= 0.6 is 0 Å². The summed E-state index contributed by atoms with van der Waals surface area (Å²) in [5.41, 5.74) is 3.00. The van der Waals surface area contributed by atoms with Gasteiger partial charge in [-0.25, -0.2) is 9.78 Å². The van der Waals surface area contributed by atoms with Gasteiger partial charge >= 0.3 is 5.97 Å². The lowest BCUT2D eigenvalue weighted by Crippen LogP contribution is -2.53. The second-order valence-electron chi connectivity index (χ2n) is 7.60. The fraction of sp³-hybridized carbons (Fsp3) is 0.304. The van der Waals surface area contributed by atoms with Gasteiger partial charge in [-0.1, -0.05) is 0 Å². The maximum atomic E-state index is 12.6. The molecule has 1 fully saturated rings. The minimum absolute atomic E-state index is 0.0927. The number of esters is 1. The molecule has 1 aliphatic rings. The van der Waals surface area contributed by atoms with E-state index >= 15 is 0 Å². The number of carbonyl (C=O) groups excluding carboxylic acids is 1. The van der Waals surface area contributed by atoms with Gasteiger partial charge in [0.15, 0.2) is 0 Å². The molecule has 4 rings (SSSR count). The molecule has 160 valence electrons. The molecule has 1 saturated heterocycles. The molecular weight excluding hydrogens is 394 g/mol. The number of rotatable bonds is 4. The van der Waals surface area contributed by atoms with Gasteiger partial charge in [-0.15, -0.1) is 0 Å². The molecule has 0 amide bonds. The summed E-state index contributed by atoms with van der Waals surface area (Å²) in [6.07, 6.45) is 3.39. The summed E-state index contributed by atoms with van der Waals surface area (Å²) in [5, 5.41) is 0. The van der Waals surface area contributed by atoms with Crippen molar-refractivity contribution >= 4 is 17.6 Å². The highest BCUT2D eigenvalue weighted by atomic mass is 16.5. The number of anilines is 2. The zero-order chi connectivity index (χ0) is 22.0. The molecule has 1 aliphatic heterocycles. The molecule has 0 saturated carbocycles. The summed E-state index contributed by atoms with van der Waals surface area (Å²) >= 11 is 0. The Labute approximate surface area is 180 Å². The van der Waals surface area contributed by atoms with Crippen molar-refractivity contribution in [1.29, 1.82) is 0 Å². The summed E-state index contributed by atoms with van der Waals surface area (Å²) in [7, 11) is 3.13. The maximum Gasteiger partial charge on any atom is 0.337 e. The number of hydrogen-bond donors (Lipinski definition) is 0. The molecule has 0 bridgehead atoms. The second kappa shape index (κ2) is 8.59. The molecule has 1 atom stereocenters. The van der Waals surface area contributed by atoms with Crippen LogP contribution in [-0.2, 0) is 11.8 Å². The van der Waals surface area contributed by atoms with Crippen molar-refractivity contribution in [2.45, 2.75) is 13.0 Å². The van der Waals surface area contributed by atoms with Crippen LogP contribution in [0.15, 0.2) is 59.7 Å². The first kappa shape index (κ1) is 20.6. The molecular formula is C23H25N5O3. The van der Waals surface area contributed by atoms with Crippen LogP contribution in [0.1, 0.15) is 17.3 Å². The van der Waals surface area contributed by atoms with Crippen molar-refractivity contribution < 1.29 is 9.53 Å². The van der Waals surface area contributed by atoms with Crippen LogP contribution in [0.3, 0.4) is 0 Å². The Kier molecular flexibility index (Phi) is 5.70. The Balaban J connectivity index is 1.56. The Hall–Kier alpha value is -3.68. The molecule has 2 aromatic heterocycles. The zero-order valence-corrected chi connectivity index (χ0v) is 17.9. The van der Waals surface area contributed by atoms with Gasteiger partial charge in [-0.2, -0.15) is 0 Å². The van der Waals surface area contributed by atoms with Crippen LogP contribution in [0.2, 0.25) is 0 Å². The summed E-state index contributed by atoms with van der Waals surface area (Å²) in [4.78, 5) is 37.6. The quantitative estimate of drug-likeness (QED) is 0.601. The largest absolute Gasteiger partial charge is 0.465 e. The number of benzene rings is 1. The third kappa shape index (κ3) is 4.14. The van der Waals surface area contributed by atoms with Crippen LogP contribution in [0.25, 0.3) is 11.3 Å². The predicted molar refractivity (Wildman–Crippen MR) is 120 cm³/mol. The normalized spacial score (nSPS) is 16.3. The molecule has 3 aromatic rings. The average molecular weight is 419 g/mol. The molecule has 0 radical (unpaired) electrons. The molecule has 0 aliphatic carbocycles. The number of ether oxygens (including phenoxy) is 1. The Morgan fingerprint density at radius 2 is 1.81 bits per heavy atom. The minimum Gasteiger partial charge on any atom is -0.465 e. The first-order valence-electron chi connectivity index (χ1n) is 10.2. The smallest absolute Gasteiger partial charge is 0.337 e. The number of carbonyl (C=O) groups is 1. The van der Waals surface area contributed by atoms with Gasteiger partial charge in [0.05, 0.1) is 18.4 Å². The molecule has 1 aromatic carbocycles. The Morgan fingerprint density at radius 3 is 2.45 bits per heavy atom. The highest BCUT2D eigenvalue weighted by Crippen LogP contribution is 2.24. The second-order valence-corrected chi connectivity index (χ2v) is 7.60. The van der Waals surface area contributed by atoms with E-state index < -0.39 is 0 Å². The summed E-state index contributed by atoms with van der Waals surface area (Å²) in [6, 6.07) is 12.8. The Morgan fingerprint density at radius 1 is 1.10 bits per heavy atom. The van der Waals surface area contributed by atoms with E-state index in [1.54, 1.807) is 42.2 Å². The fourth-order valence-electron chi connectivity index (χ4n) is 3.87. The summed E-state index contributed by atoms with van der Waals surface area (Å²) < 4.78 is 6.37. The van der Waals surface area contributed by atoms with Crippen LogP contribution in [0.5, 0.6) is 0 Å².